The molecule has 2 aromatic carbocycles. The molecule has 8 heteroatoms. The van der Waals surface area contributed by atoms with Crippen molar-refractivity contribution >= 4 is 23.2 Å². The molecule has 0 aliphatic carbocycles. The lowest BCUT2D eigenvalue weighted by Crippen LogP contribution is -2.37. The van der Waals surface area contributed by atoms with Crippen molar-refractivity contribution in [2.75, 3.05) is 23.4 Å². The molecule has 1 fully saturated rings. The number of rotatable bonds is 3. The van der Waals surface area contributed by atoms with Crippen LogP contribution in [-0.2, 0) is 22.1 Å². The van der Waals surface area contributed by atoms with Gasteiger partial charge in [0.05, 0.1) is 11.1 Å². The molecule has 2 amide bonds. The van der Waals surface area contributed by atoms with Gasteiger partial charge in [0, 0.05) is 24.5 Å². The summed E-state index contributed by atoms with van der Waals surface area (Å²) >= 11 is 0. The Bertz CT molecular complexity index is 952. The summed E-state index contributed by atoms with van der Waals surface area (Å²) in [5.74, 6) is -0.972. The van der Waals surface area contributed by atoms with Gasteiger partial charge in [-0.1, -0.05) is 18.2 Å². The molecule has 2 aliphatic rings. The maximum absolute atomic E-state index is 13.2. The highest BCUT2D eigenvalue weighted by Gasteiger charge is 2.35. The number of hydrogen-bond acceptors (Lipinski definition) is 3. The number of nitrogens with zero attached hydrogens (tertiary/aromatic N) is 1. The van der Waals surface area contributed by atoms with Gasteiger partial charge < -0.3 is 15.0 Å². The standard InChI is InChI=1S/C21H19F3N2O3/c22-21(23,24)16-5-2-1-4-15(16)19(27)25-14-8-7-13-9-10-26(17(13)12-14)20(28)18-6-3-11-29-18/h1-2,4-5,7-8,12,18H,3,6,9-11H2,(H,25,27)/t18-/m0/s1. The van der Waals surface area contributed by atoms with Crippen LogP contribution in [0.3, 0.4) is 0 Å². The molecule has 1 saturated heterocycles. The highest BCUT2D eigenvalue weighted by Crippen LogP contribution is 2.34. The number of benzene rings is 2. The number of fused-ring (bicyclic) bond motifs is 1. The van der Waals surface area contributed by atoms with Gasteiger partial charge in [-0.3, -0.25) is 9.59 Å². The molecule has 2 aliphatic heterocycles. The SMILES string of the molecule is O=C(Nc1ccc2c(c1)N(C(=O)[C@@H]1CCCO1)CC2)c1ccccc1C(F)(F)F. The lowest BCUT2D eigenvalue weighted by atomic mass is 10.1. The fraction of sp³-hybridized carbons (Fsp3) is 0.333. The van der Waals surface area contributed by atoms with Crippen LogP contribution in [0.5, 0.6) is 0 Å². The number of ether oxygens (including phenoxy) is 1. The largest absolute Gasteiger partial charge is 0.417 e. The summed E-state index contributed by atoms with van der Waals surface area (Å²) < 4.78 is 45.0. The van der Waals surface area contributed by atoms with Crippen molar-refractivity contribution in [3.8, 4) is 0 Å². The minimum Gasteiger partial charge on any atom is -0.368 e. The maximum atomic E-state index is 13.2. The van der Waals surface area contributed by atoms with Crippen LogP contribution in [0.1, 0.15) is 34.3 Å². The van der Waals surface area contributed by atoms with Crippen LogP contribution in [0.2, 0.25) is 0 Å². The summed E-state index contributed by atoms with van der Waals surface area (Å²) in [5, 5.41) is 2.52. The second-order valence-electron chi connectivity index (χ2n) is 7.08. The third-order valence-corrected chi connectivity index (χ3v) is 5.19. The number of carbonyl (C=O) groups excluding carboxylic acids is 2. The van der Waals surface area contributed by atoms with Crippen molar-refractivity contribution in [2.45, 2.75) is 31.5 Å². The molecule has 4 rings (SSSR count). The van der Waals surface area contributed by atoms with Crippen molar-refractivity contribution in [1.29, 1.82) is 0 Å². The molecular weight excluding hydrogens is 385 g/mol. The van der Waals surface area contributed by atoms with Gasteiger partial charge >= 0.3 is 6.18 Å². The van der Waals surface area contributed by atoms with E-state index in [1.54, 1.807) is 23.1 Å². The first-order valence-electron chi connectivity index (χ1n) is 9.38. The summed E-state index contributed by atoms with van der Waals surface area (Å²) in [6.07, 6.45) is -2.89. The van der Waals surface area contributed by atoms with Gasteiger partial charge in [-0.25, -0.2) is 0 Å². The van der Waals surface area contributed by atoms with Crippen LogP contribution in [0.4, 0.5) is 24.5 Å². The number of anilines is 2. The molecule has 5 nitrogen and oxygen atoms in total. The first kappa shape index (κ1) is 19.4. The van der Waals surface area contributed by atoms with E-state index in [9.17, 15) is 22.8 Å². The van der Waals surface area contributed by atoms with E-state index in [0.717, 1.165) is 24.1 Å². The second-order valence-corrected chi connectivity index (χ2v) is 7.08. The minimum atomic E-state index is -4.63. The Morgan fingerprint density at radius 3 is 2.66 bits per heavy atom. The Hall–Kier alpha value is -2.87. The number of hydrogen-bond donors (Lipinski definition) is 1. The molecule has 29 heavy (non-hydrogen) atoms. The van der Waals surface area contributed by atoms with Crippen LogP contribution in [-0.4, -0.2) is 31.1 Å². The fourth-order valence-electron chi connectivity index (χ4n) is 3.76. The summed E-state index contributed by atoms with van der Waals surface area (Å²) in [7, 11) is 0. The van der Waals surface area contributed by atoms with E-state index in [1.165, 1.54) is 12.1 Å². The van der Waals surface area contributed by atoms with Crippen molar-refractivity contribution in [3.05, 3.63) is 59.2 Å². The molecule has 0 radical (unpaired) electrons. The van der Waals surface area contributed by atoms with Gasteiger partial charge in [0.1, 0.15) is 6.10 Å². The Morgan fingerprint density at radius 2 is 1.93 bits per heavy atom. The molecule has 0 aromatic heterocycles. The summed E-state index contributed by atoms with van der Waals surface area (Å²) in [4.78, 5) is 26.8. The molecule has 1 atom stereocenters. The Morgan fingerprint density at radius 1 is 1.14 bits per heavy atom. The smallest absolute Gasteiger partial charge is 0.368 e. The van der Waals surface area contributed by atoms with Crippen molar-refractivity contribution in [1.82, 2.24) is 0 Å². The van der Waals surface area contributed by atoms with Gasteiger partial charge in [-0.05, 0) is 49.1 Å². The summed E-state index contributed by atoms with van der Waals surface area (Å²) in [6, 6.07) is 9.68. The lowest BCUT2D eigenvalue weighted by molar-refractivity contribution is -0.137. The van der Waals surface area contributed by atoms with Crippen molar-refractivity contribution in [2.24, 2.45) is 0 Å². The predicted molar refractivity (Wildman–Crippen MR) is 101 cm³/mol. The third-order valence-electron chi connectivity index (χ3n) is 5.19. The number of nitrogens with one attached hydrogen (secondary N) is 1. The Kier molecular flexibility index (Phi) is 5.04. The van der Waals surface area contributed by atoms with E-state index in [2.05, 4.69) is 5.32 Å². The first-order chi connectivity index (χ1) is 13.8. The molecule has 2 heterocycles. The Labute approximate surface area is 165 Å². The maximum Gasteiger partial charge on any atom is 0.417 e. The normalized spacial score (nSPS) is 18.6. The monoisotopic (exact) mass is 404 g/mol. The van der Waals surface area contributed by atoms with Crippen molar-refractivity contribution in [3.63, 3.8) is 0 Å². The zero-order valence-corrected chi connectivity index (χ0v) is 15.5. The Balaban J connectivity index is 1.57. The zero-order chi connectivity index (χ0) is 20.6. The number of halogens is 3. The molecule has 152 valence electrons. The van der Waals surface area contributed by atoms with E-state index in [4.69, 9.17) is 4.74 Å². The van der Waals surface area contributed by atoms with E-state index in [1.807, 2.05) is 0 Å². The minimum absolute atomic E-state index is 0.118. The van der Waals surface area contributed by atoms with Gasteiger partial charge in [0.2, 0.25) is 0 Å². The third kappa shape index (κ3) is 3.85. The van der Waals surface area contributed by atoms with Crippen LogP contribution in [0.25, 0.3) is 0 Å². The average molecular weight is 404 g/mol. The topological polar surface area (TPSA) is 58.6 Å². The van der Waals surface area contributed by atoms with E-state index in [-0.39, 0.29) is 5.91 Å². The summed E-state index contributed by atoms with van der Waals surface area (Å²) in [5.41, 5.74) is 0.497. The number of alkyl halides is 3. The number of carbonyl (C=O) groups is 2. The first-order valence-corrected chi connectivity index (χ1v) is 9.38. The molecule has 1 N–H and O–H groups in total. The molecule has 2 aromatic rings. The van der Waals surface area contributed by atoms with E-state index < -0.39 is 29.3 Å². The molecule has 0 bridgehead atoms. The average Bonchev–Trinajstić information content (AvgIpc) is 3.36. The van der Waals surface area contributed by atoms with Crippen LogP contribution in [0, 0.1) is 0 Å². The van der Waals surface area contributed by atoms with Crippen molar-refractivity contribution < 1.29 is 27.5 Å². The second kappa shape index (κ2) is 7.51. The fourth-order valence-corrected chi connectivity index (χ4v) is 3.76. The highest BCUT2D eigenvalue weighted by molar-refractivity contribution is 6.06. The van der Waals surface area contributed by atoms with Gasteiger partial charge in [-0.2, -0.15) is 13.2 Å². The lowest BCUT2D eigenvalue weighted by Gasteiger charge is -2.21. The van der Waals surface area contributed by atoms with Gasteiger partial charge in [0.15, 0.2) is 0 Å². The van der Waals surface area contributed by atoms with Crippen LogP contribution in [0.15, 0.2) is 42.5 Å². The molecule has 0 unspecified atom stereocenters. The highest BCUT2D eigenvalue weighted by atomic mass is 19.4. The van der Waals surface area contributed by atoms with Gasteiger partial charge in [0.25, 0.3) is 11.8 Å². The van der Waals surface area contributed by atoms with E-state index >= 15 is 0 Å². The molecular formula is C21H19F3N2O3. The predicted octanol–water partition coefficient (Wildman–Crippen LogP) is 4.03. The van der Waals surface area contributed by atoms with E-state index in [0.29, 0.717) is 37.4 Å². The summed E-state index contributed by atoms with van der Waals surface area (Å²) in [6.45, 7) is 1.08. The van der Waals surface area contributed by atoms with Gasteiger partial charge in [-0.15, -0.1) is 0 Å². The zero-order valence-electron chi connectivity index (χ0n) is 15.5. The van der Waals surface area contributed by atoms with Crippen LogP contribution >= 0.6 is 0 Å². The molecule has 0 spiro atoms. The quantitative estimate of drug-likeness (QED) is 0.841. The number of amides is 2. The van der Waals surface area contributed by atoms with Crippen LogP contribution < -0.4 is 10.2 Å². The molecule has 0 saturated carbocycles.